The summed E-state index contributed by atoms with van der Waals surface area (Å²) in [7, 11) is -1.99. The first kappa shape index (κ1) is 22.1. The van der Waals surface area contributed by atoms with Crippen LogP contribution in [0.4, 0.5) is 0 Å². The first-order valence-corrected chi connectivity index (χ1v) is 11.3. The molecule has 8 heteroatoms. The van der Waals surface area contributed by atoms with Crippen LogP contribution in [0.25, 0.3) is 0 Å². The molecular weight excluding hydrogens is 404 g/mol. The normalized spacial score (nSPS) is 16.2. The zero-order valence-electron chi connectivity index (χ0n) is 17.8. The molecule has 0 saturated carbocycles. The Bertz CT molecular complexity index is 997. The number of ether oxygens (including phenoxy) is 2. The Morgan fingerprint density at radius 3 is 2.10 bits per heavy atom. The van der Waals surface area contributed by atoms with Crippen molar-refractivity contribution >= 4 is 15.9 Å². The van der Waals surface area contributed by atoms with Crippen molar-refractivity contribution in [3.8, 4) is 11.5 Å². The predicted molar refractivity (Wildman–Crippen MR) is 114 cm³/mol. The third-order valence-corrected chi connectivity index (χ3v) is 7.28. The number of sulfonamides is 1. The maximum atomic E-state index is 12.9. The van der Waals surface area contributed by atoms with Gasteiger partial charge < -0.3 is 14.4 Å². The van der Waals surface area contributed by atoms with Gasteiger partial charge in [0.1, 0.15) is 11.5 Å². The Hall–Kier alpha value is -2.58. The van der Waals surface area contributed by atoms with Gasteiger partial charge in [0.2, 0.25) is 10.0 Å². The van der Waals surface area contributed by atoms with Gasteiger partial charge in [-0.2, -0.15) is 4.31 Å². The number of piperazine rings is 1. The summed E-state index contributed by atoms with van der Waals surface area (Å²) < 4.78 is 38.2. The summed E-state index contributed by atoms with van der Waals surface area (Å²) in [5, 5.41) is 0. The van der Waals surface area contributed by atoms with E-state index < -0.39 is 16.1 Å². The van der Waals surface area contributed by atoms with Gasteiger partial charge >= 0.3 is 0 Å². The van der Waals surface area contributed by atoms with E-state index in [1.807, 2.05) is 19.9 Å². The monoisotopic (exact) mass is 432 g/mol. The number of nitrogens with zero attached hydrogens (tertiary/aromatic N) is 2. The van der Waals surface area contributed by atoms with Crippen LogP contribution in [0.2, 0.25) is 0 Å². The van der Waals surface area contributed by atoms with Crippen LogP contribution in [0.3, 0.4) is 0 Å². The fourth-order valence-corrected chi connectivity index (χ4v) is 4.85. The van der Waals surface area contributed by atoms with Crippen molar-refractivity contribution in [1.82, 2.24) is 9.21 Å². The maximum Gasteiger partial charge on any atom is 0.263 e. The van der Waals surface area contributed by atoms with Gasteiger partial charge in [0.15, 0.2) is 6.10 Å². The first-order valence-electron chi connectivity index (χ1n) is 9.89. The summed E-state index contributed by atoms with van der Waals surface area (Å²) >= 11 is 0. The Morgan fingerprint density at radius 1 is 0.933 bits per heavy atom. The lowest BCUT2D eigenvalue weighted by atomic mass is 10.1. The van der Waals surface area contributed by atoms with Gasteiger partial charge in [0.25, 0.3) is 5.91 Å². The lowest BCUT2D eigenvalue weighted by Gasteiger charge is -2.35. The van der Waals surface area contributed by atoms with Crippen LogP contribution in [0.15, 0.2) is 47.4 Å². The second-order valence-corrected chi connectivity index (χ2v) is 9.35. The van der Waals surface area contributed by atoms with E-state index in [0.717, 1.165) is 11.1 Å². The third kappa shape index (κ3) is 4.76. The molecule has 1 aliphatic rings. The molecule has 0 spiro atoms. The SMILES string of the molecule is COc1ccc(OC(C)C(=O)N2CCN(S(=O)(=O)c3ccc(C)c(C)c3)CC2)cc1. The van der Waals surface area contributed by atoms with Crippen molar-refractivity contribution in [3.05, 3.63) is 53.6 Å². The highest BCUT2D eigenvalue weighted by molar-refractivity contribution is 7.89. The smallest absolute Gasteiger partial charge is 0.263 e. The Balaban J connectivity index is 1.59. The van der Waals surface area contributed by atoms with Crippen LogP contribution >= 0.6 is 0 Å². The van der Waals surface area contributed by atoms with E-state index >= 15 is 0 Å². The fraction of sp³-hybridized carbons (Fsp3) is 0.409. The average molecular weight is 433 g/mol. The molecule has 0 bridgehead atoms. The molecule has 2 aromatic rings. The van der Waals surface area contributed by atoms with E-state index in [1.165, 1.54) is 4.31 Å². The molecule has 1 saturated heterocycles. The standard InChI is InChI=1S/C22H28N2O5S/c1-16-5-10-21(15-17(16)2)30(26,27)24-13-11-23(12-14-24)22(25)18(3)29-20-8-6-19(28-4)7-9-20/h5-10,15,18H,11-14H2,1-4H3. The third-order valence-electron chi connectivity index (χ3n) is 5.39. The Kier molecular flexibility index (Phi) is 6.67. The van der Waals surface area contributed by atoms with Crippen molar-refractivity contribution < 1.29 is 22.7 Å². The highest BCUT2D eigenvalue weighted by Gasteiger charge is 2.32. The lowest BCUT2D eigenvalue weighted by molar-refractivity contribution is -0.139. The number of aryl methyl sites for hydroxylation is 2. The summed E-state index contributed by atoms with van der Waals surface area (Å²) in [5.74, 6) is 1.13. The van der Waals surface area contributed by atoms with Crippen molar-refractivity contribution in [2.75, 3.05) is 33.3 Å². The van der Waals surface area contributed by atoms with Crippen LogP contribution in [-0.2, 0) is 14.8 Å². The van der Waals surface area contributed by atoms with Crippen molar-refractivity contribution in [1.29, 1.82) is 0 Å². The minimum absolute atomic E-state index is 0.158. The van der Waals surface area contributed by atoms with Gasteiger partial charge in [-0.3, -0.25) is 4.79 Å². The van der Waals surface area contributed by atoms with Crippen LogP contribution < -0.4 is 9.47 Å². The number of rotatable bonds is 6. The molecule has 1 amide bonds. The quantitative estimate of drug-likeness (QED) is 0.701. The highest BCUT2D eigenvalue weighted by atomic mass is 32.2. The van der Waals surface area contributed by atoms with Crippen LogP contribution in [-0.4, -0.2) is 62.9 Å². The zero-order chi connectivity index (χ0) is 21.9. The van der Waals surface area contributed by atoms with Crippen molar-refractivity contribution in [2.45, 2.75) is 31.8 Å². The van der Waals surface area contributed by atoms with Crippen molar-refractivity contribution in [3.63, 3.8) is 0 Å². The molecule has 0 aliphatic carbocycles. The molecule has 1 unspecified atom stereocenters. The Labute approximate surface area is 178 Å². The Morgan fingerprint density at radius 2 is 1.53 bits per heavy atom. The number of methoxy groups -OCH3 is 1. The molecule has 1 atom stereocenters. The average Bonchev–Trinajstić information content (AvgIpc) is 2.75. The van der Waals surface area contributed by atoms with E-state index in [9.17, 15) is 13.2 Å². The van der Waals surface area contributed by atoms with Gasteiger partial charge in [0.05, 0.1) is 12.0 Å². The van der Waals surface area contributed by atoms with Crippen LogP contribution in [0, 0.1) is 13.8 Å². The summed E-state index contributed by atoms with van der Waals surface area (Å²) in [6, 6.07) is 12.2. The molecular formula is C22H28N2O5S. The minimum atomic E-state index is -3.57. The summed E-state index contributed by atoms with van der Waals surface area (Å²) in [4.78, 5) is 14.7. The summed E-state index contributed by atoms with van der Waals surface area (Å²) in [6.45, 7) is 6.73. The molecule has 0 radical (unpaired) electrons. The van der Waals surface area contributed by atoms with E-state index in [2.05, 4.69) is 0 Å². The molecule has 1 heterocycles. The minimum Gasteiger partial charge on any atom is -0.497 e. The predicted octanol–water partition coefficient (Wildman–Crippen LogP) is 2.61. The van der Waals surface area contributed by atoms with Gasteiger partial charge in [-0.25, -0.2) is 8.42 Å². The largest absolute Gasteiger partial charge is 0.497 e. The van der Waals surface area contributed by atoms with Crippen LogP contribution in [0.5, 0.6) is 11.5 Å². The number of benzene rings is 2. The number of carbonyl (C=O) groups is 1. The van der Waals surface area contributed by atoms with Gasteiger partial charge in [0, 0.05) is 26.2 Å². The molecule has 3 rings (SSSR count). The van der Waals surface area contributed by atoms with Gasteiger partial charge in [-0.1, -0.05) is 6.07 Å². The molecule has 1 fully saturated rings. The second kappa shape index (κ2) is 9.06. The lowest BCUT2D eigenvalue weighted by Crippen LogP contribution is -2.53. The van der Waals surface area contributed by atoms with Crippen LogP contribution in [0.1, 0.15) is 18.1 Å². The number of amides is 1. The molecule has 0 N–H and O–H groups in total. The molecule has 2 aromatic carbocycles. The fourth-order valence-electron chi connectivity index (χ4n) is 3.34. The van der Waals surface area contributed by atoms with E-state index in [1.54, 1.807) is 55.3 Å². The highest BCUT2D eigenvalue weighted by Crippen LogP contribution is 2.22. The topological polar surface area (TPSA) is 76.2 Å². The first-order chi connectivity index (χ1) is 14.2. The number of hydrogen-bond acceptors (Lipinski definition) is 5. The van der Waals surface area contributed by atoms with Gasteiger partial charge in [-0.15, -0.1) is 0 Å². The van der Waals surface area contributed by atoms with E-state index in [0.29, 0.717) is 29.5 Å². The van der Waals surface area contributed by atoms with E-state index in [-0.39, 0.29) is 19.0 Å². The maximum absolute atomic E-state index is 12.9. The molecule has 162 valence electrons. The molecule has 1 aliphatic heterocycles. The summed E-state index contributed by atoms with van der Waals surface area (Å²) in [5.41, 5.74) is 1.99. The molecule has 30 heavy (non-hydrogen) atoms. The summed E-state index contributed by atoms with van der Waals surface area (Å²) in [6.07, 6.45) is -0.665. The number of hydrogen-bond donors (Lipinski definition) is 0. The zero-order valence-corrected chi connectivity index (χ0v) is 18.6. The van der Waals surface area contributed by atoms with Gasteiger partial charge in [-0.05, 0) is 68.3 Å². The van der Waals surface area contributed by atoms with E-state index in [4.69, 9.17) is 9.47 Å². The van der Waals surface area contributed by atoms with Crippen molar-refractivity contribution in [2.24, 2.45) is 0 Å². The molecule has 0 aromatic heterocycles. The number of carbonyl (C=O) groups excluding carboxylic acids is 1. The second-order valence-electron chi connectivity index (χ2n) is 7.41. The molecule has 7 nitrogen and oxygen atoms in total.